The fourth-order valence-corrected chi connectivity index (χ4v) is 4.15. The molecule has 3 rings (SSSR count). The van der Waals surface area contributed by atoms with Gasteiger partial charge in [-0.2, -0.15) is 0 Å². The molecule has 1 aliphatic rings. The number of amides is 1. The molecule has 0 spiro atoms. The number of aryl methyl sites for hydroxylation is 2. The predicted molar refractivity (Wildman–Crippen MR) is 118 cm³/mol. The van der Waals surface area contributed by atoms with Crippen molar-refractivity contribution < 1.29 is 14.3 Å². The minimum absolute atomic E-state index is 0.145. The van der Waals surface area contributed by atoms with E-state index < -0.39 is 11.7 Å². The zero-order valence-electron chi connectivity index (χ0n) is 18.3. The van der Waals surface area contributed by atoms with Crippen molar-refractivity contribution in [1.29, 1.82) is 0 Å². The molecule has 1 aromatic heterocycles. The van der Waals surface area contributed by atoms with Crippen LogP contribution < -0.4 is 5.63 Å². The summed E-state index contributed by atoms with van der Waals surface area (Å²) in [7, 11) is 0. The molecule has 1 fully saturated rings. The Morgan fingerprint density at radius 1 is 1.20 bits per heavy atom. The molecule has 30 heavy (non-hydrogen) atoms. The summed E-state index contributed by atoms with van der Waals surface area (Å²) in [6, 6.07) is 11.8. The van der Waals surface area contributed by atoms with Crippen molar-refractivity contribution in [3.8, 4) is 0 Å². The van der Waals surface area contributed by atoms with Gasteiger partial charge in [-0.05, 0) is 61.6 Å². The van der Waals surface area contributed by atoms with Crippen molar-refractivity contribution >= 4 is 5.91 Å². The molecule has 1 unspecified atom stereocenters. The molecular formula is C25H33NO4. The van der Waals surface area contributed by atoms with E-state index in [1.165, 1.54) is 0 Å². The molecule has 1 aromatic carbocycles. The number of hydrogen-bond acceptors (Lipinski definition) is 4. The van der Waals surface area contributed by atoms with E-state index in [0.717, 1.165) is 24.8 Å². The molecule has 0 aliphatic carbocycles. The third-order valence-electron chi connectivity index (χ3n) is 6.04. The topological polar surface area (TPSA) is 70.8 Å². The summed E-state index contributed by atoms with van der Waals surface area (Å²) in [5.41, 5.74) is 1.41. The van der Waals surface area contributed by atoms with Gasteiger partial charge < -0.3 is 14.4 Å². The van der Waals surface area contributed by atoms with Gasteiger partial charge in [0.1, 0.15) is 11.3 Å². The maximum absolute atomic E-state index is 13.0. The lowest BCUT2D eigenvalue weighted by molar-refractivity contribution is 0.0464. The molecule has 1 N–H and O–H groups in total. The average Bonchev–Trinajstić information content (AvgIpc) is 2.72. The number of benzene rings is 1. The van der Waals surface area contributed by atoms with E-state index in [-0.39, 0.29) is 17.4 Å². The summed E-state index contributed by atoms with van der Waals surface area (Å²) in [5, 5.41) is 10.6. The zero-order chi connectivity index (χ0) is 21.7. The van der Waals surface area contributed by atoms with Gasteiger partial charge in [0.2, 0.25) is 0 Å². The maximum atomic E-state index is 13.0. The monoisotopic (exact) mass is 411 g/mol. The summed E-state index contributed by atoms with van der Waals surface area (Å²) in [6.07, 6.45) is 3.31. The van der Waals surface area contributed by atoms with Crippen LogP contribution in [0.4, 0.5) is 0 Å². The second kappa shape index (κ2) is 10.1. The van der Waals surface area contributed by atoms with Crippen molar-refractivity contribution in [2.24, 2.45) is 11.8 Å². The molecule has 0 saturated carbocycles. The first-order chi connectivity index (χ1) is 14.3. The molecule has 0 bridgehead atoms. The van der Waals surface area contributed by atoms with Crippen molar-refractivity contribution in [3.05, 3.63) is 69.3 Å². The summed E-state index contributed by atoms with van der Waals surface area (Å²) in [4.78, 5) is 27.2. The van der Waals surface area contributed by atoms with E-state index in [9.17, 15) is 14.7 Å². The maximum Gasteiger partial charge on any atom is 0.349 e. The average molecular weight is 412 g/mol. The Morgan fingerprint density at radius 3 is 2.47 bits per heavy atom. The van der Waals surface area contributed by atoms with Gasteiger partial charge in [0, 0.05) is 19.5 Å². The molecular weight excluding hydrogens is 378 g/mol. The highest BCUT2D eigenvalue weighted by Gasteiger charge is 2.30. The van der Waals surface area contributed by atoms with Crippen molar-refractivity contribution in [1.82, 2.24) is 4.90 Å². The standard InChI is InChI=1S/C25H33NO4/c1-17(2)9-10-21-15-18(3)23(25(29)30-21)24(28)26-13-11-20(12-14-26)22(27)16-19-7-5-4-6-8-19/h4-8,15,17,20,22,27H,9-14,16H2,1-3H3. The zero-order valence-corrected chi connectivity index (χ0v) is 18.3. The molecule has 2 aromatic rings. The Bertz CT molecular complexity index is 895. The largest absolute Gasteiger partial charge is 0.427 e. The first kappa shape index (κ1) is 22.3. The van der Waals surface area contributed by atoms with E-state index in [0.29, 0.717) is 43.2 Å². The SMILES string of the molecule is Cc1cc(CCC(C)C)oc(=O)c1C(=O)N1CCC(C(O)Cc2ccccc2)CC1. The number of aliphatic hydroxyl groups is 1. The van der Waals surface area contributed by atoms with E-state index >= 15 is 0 Å². The first-order valence-corrected chi connectivity index (χ1v) is 11.0. The van der Waals surface area contributed by atoms with E-state index in [1.807, 2.05) is 36.4 Å². The van der Waals surface area contributed by atoms with Crippen LogP contribution in [0.3, 0.4) is 0 Å². The van der Waals surface area contributed by atoms with Gasteiger partial charge in [0.05, 0.1) is 6.10 Å². The summed E-state index contributed by atoms with van der Waals surface area (Å²) in [6.45, 7) is 7.15. The van der Waals surface area contributed by atoms with Crippen LogP contribution in [0.2, 0.25) is 0 Å². The van der Waals surface area contributed by atoms with Gasteiger partial charge in [0.25, 0.3) is 5.91 Å². The fraction of sp³-hybridized carbons (Fsp3) is 0.520. The number of likely N-dealkylation sites (tertiary alicyclic amines) is 1. The number of piperidine rings is 1. The van der Waals surface area contributed by atoms with Crippen LogP contribution >= 0.6 is 0 Å². The van der Waals surface area contributed by atoms with Crippen LogP contribution in [0.25, 0.3) is 0 Å². The fourth-order valence-electron chi connectivity index (χ4n) is 4.15. The molecule has 1 atom stereocenters. The van der Waals surface area contributed by atoms with Crippen LogP contribution in [0, 0.1) is 18.8 Å². The second-order valence-electron chi connectivity index (χ2n) is 8.88. The van der Waals surface area contributed by atoms with Crippen molar-refractivity contribution in [2.75, 3.05) is 13.1 Å². The van der Waals surface area contributed by atoms with Crippen LogP contribution in [0.5, 0.6) is 0 Å². The summed E-state index contributed by atoms with van der Waals surface area (Å²) < 4.78 is 5.43. The quantitative estimate of drug-likeness (QED) is 0.748. The Labute approximate surface area is 178 Å². The Balaban J connectivity index is 1.60. The minimum atomic E-state index is -0.537. The molecule has 5 heteroatoms. The van der Waals surface area contributed by atoms with E-state index in [1.54, 1.807) is 11.8 Å². The van der Waals surface area contributed by atoms with Gasteiger partial charge in [-0.1, -0.05) is 44.2 Å². The number of hydrogen-bond donors (Lipinski definition) is 1. The van der Waals surface area contributed by atoms with Crippen molar-refractivity contribution in [2.45, 2.75) is 59.0 Å². The Kier molecular flexibility index (Phi) is 7.48. The highest BCUT2D eigenvalue weighted by molar-refractivity contribution is 5.95. The summed E-state index contributed by atoms with van der Waals surface area (Å²) >= 11 is 0. The third-order valence-corrected chi connectivity index (χ3v) is 6.04. The van der Waals surface area contributed by atoms with E-state index in [2.05, 4.69) is 13.8 Å². The molecule has 1 amide bonds. The number of rotatable bonds is 7. The van der Waals surface area contributed by atoms with Crippen LogP contribution in [0.1, 0.15) is 60.4 Å². The number of aliphatic hydroxyl groups excluding tert-OH is 1. The molecule has 1 aliphatic heterocycles. The van der Waals surface area contributed by atoms with Gasteiger partial charge in [0.15, 0.2) is 0 Å². The number of carbonyl (C=O) groups excluding carboxylic acids is 1. The van der Waals surface area contributed by atoms with Crippen LogP contribution in [-0.4, -0.2) is 35.1 Å². The Morgan fingerprint density at radius 2 is 1.87 bits per heavy atom. The molecule has 2 heterocycles. The number of carbonyl (C=O) groups is 1. The highest BCUT2D eigenvalue weighted by Crippen LogP contribution is 2.24. The minimum Gasteiger partial charge on any atom is -0.427 e. The lowest BCUT2D eigenvalue weighted by Gasteiger charge is -2.34. The van der Waals surface area contributed by atoms with E-state index in [4.69, 9.17) is 4.42 Å². The Hall–Kier alpha value is -2.40. The molecule has 1 saturated heterocycles. The molecule has 0 radical (unpaired) electrons. The lowest BCUT2D eigenvalue weighted by Crippen LogP contribution is -2.43. The molecule has 5 nitrogen and oxygen atoms in total. The van der Waals surface area contributed by atoms with Crippen molar-refractivity contribution in [3.63, 3.8) is 0 Å². The highest BCUT2D eigenvalue weighted by atomic mass is 16.4. The third kappa shape index (κ3) is 5.60. The van der Waals surface area contributed by atoms with Gasteiger partial charge in [-0.3, -0.25) is 4.79 Å². The smallest absolute Gasteiger partial charge is 0.349 e. The summed E-state index contributed by atoms with van der Waals surface area (Å²) in [5.74, 6) is 1.07. The number of nitrogens with zero attached hydrogens (tertiary/aromatic N) is 1. The first-order valence-electron chi connectivity index (χ1n) is 11.0. The predicted octanol–water partition coefficient (Wildman–Crippen LogP) is 3.99. The second-order valence-corrected chi connectivity index (χ2v) is 8.88. The van der Waals surface area contributed by atoms with Gasteiger partial charge >= 0.3 is 5.63 Å². The lowest BCUT2D eigenvalue weighted by atomic mass is 9.87. The molecule has 162 valence electrons. The van der Waals surface area contributed by atoms with Crippen LogP contribution in [0.15, 0.2) is 45.6 Å². The van der Waals surface area contributed by atoms with Crippen LogP contribution in [-0.2, 0) is 12.8 Å². The normalized spacial score (nSPS) is 16.1. The van der Waals surface area contributed by atoms with Gasteiger partial charge in [-0.15, -0.1) is 0 Å². The van der Waals surface area contributed by atoms with Gasteiger partial charge in [-0.25, -0.2) is 4.79 Å².